The summed E-state index contributed by atoms with van der Waals surface area (Å²) in [6.07, 6.45) is 6.17. The summed E-state index contributed by atoms with van der Waals surface area (Å²) < 4.78 is 5.37. The zero-order valence-electron chi connectivity index (χ0n) is 10.9. The summed E-state index contributed by atoms with van der Waals surface area (Å²) in [5, 5.41) is 18.9. The summed E-state index contributed by atoms with van der Waals surface area (Å²) >= 11 is 0. The standard InChI is InChI=1S/C14H24O4/c15-12-6-4-11(5-7-12)14(17)18-9-10-2-1-3-13(16)8-10/h10-13,15-16H,1-9H2. The number of esters is 1. The van der Waals surface area contributed by atoms with Crippen molar-refractivity contribution in [3.05, 3.63) is 0 Å². The molecule has 0 radical (unpaired) electrons. The molecule has 2 atom stereocenters. The first kappa shape index (κ1) is 13.8. The highest BCUT2D eigenvalue weighted by molar-refractivity contribution is 5.72. The van der Waals surface area contributed by atoms with E-state index in [0.29, 0.717) is 25.4 Å². The van der Waals surface area contributed by atoms with Crippen LogP contribution < -0.4 is 0 Å². The Kier molecular flexibility index (Phi) is 5.01. The smallest absolute Gasteiger partial charge is 0.308 e. The lowest BCUT2D eigenvalue weighted by atomic mass is 9.87. The van der Waals surface area contributed by atoms with Crippen molar-refractivity contribution in [2.24, 2.45) is 11.8 Å². The van der Waals surface area contributed by atoms with E-state index < -0.39 is 0 Å². The van der Waals surface area contributed by atoms with Gasteiger partial charge in [-0.3, -0.25) is 4.79 Å². The normalized spacial score (nSPS) is 37.2. The van der Waals surface area contributed by atoms with Crippen molar-refractivity contribution in [2.75, 3.05) is 6.61 Å². The van der Waals surface area contributed by atoms with Gasteiger partial charge in [0.2, 0.25) is 0 Å². The molecule has 2 aliphatic carbocycles. The molecule has 2 rings (SSSR count). The Morgan fingerprint density at radius 3 is 2.39 bits per heavy atom. The van der Waals surface area contributed by atoms with Gasteiger partial charge in [-0.2, -0.15) is 0 Å². The van der Waals surface area contributed by atoms with Gasteiger partial charge in [-0.05, 0) is 50.9 Å². The lowest BCUT2D eigenvalue weighted by molar-refractivity contribution is -0.152. The number of hydrogen-bond acceptors (Lipinski definition) is 4. The van der Waals surface area contributed by atoms with E-state index in [9.17, 15) is 15.0 Å². The Bertz CT molecular complexity index is 271. The first-order valence-corrected chi connectivity index (χ1v) is 7.18. The molecule has 18 heavy (non-hydrogen) atoms. The first-order valence-electron chi connectivity index (χ1n) is 7.18. The molecule has 0 aliphatic heterocycles. The highest BCUT2D eigenvalue weighted by Crippen LogP contribution is 2.27. The number of aliphatic hydroxyl groups excluding tert-OH is 2. The molecule has 0 bridgehead atoms. The first-order chi connectivity index (χ1) is 8.65. The predicted molar refractivity (Wildman–Crippen MR) is 66.9 cm³/mol. The summed E-state index contributed by atoms with van der Waals surface area (Å²) in [6.45, 7) is 0.453. The molecule has 4 nitrogen and oxygen atoms in total. The van der Waals surface area contributed by atoms with Crippen molar-refractivity contribution in [1.29, 1.82) is 0 Å². The molecular weight excluding hydrogens is 232 g/mol. The maximum absolute atomic E-state index is 11.9. The minimum Gasteiger partial charge on any atom is -0.465 e. The zero-order chi connectivity index (χ0) is 13.0. The number of ether oxygens (including phenoxy) is 1. The summed E-state index contributed by atoms with van der Waals surface area (Å²) in [4.78, 5) is 11.9. The fraction of sp³-hybridized carbons (Fsp3) is 0.929. The van der Waals surface area contributed by atoms with E-state index in [-0.39, 0.29) is 24.1 Å². The summed E-state index contributed by atoms with van der Waals surface area (Å²) in [7, 11) is 0. The highest BCUT2D eigenvalue weighted by atomic mass is 16.5. The molecule has 0 heterocycles. The molecule has 2 aliphatic rings. The SMILES string of the molecule is O=C(OCC1CCCC(O)C1)C1CCC(O)CC1. The van der Waals surface area contributed by atoms with E-state index in [1.165, 1.54) is 0 Å². The third kappa shape index (κ3) is 3.95. The van der Waals surface area contributed by atoms with Gasteiger partial charge in [0.1, 0.15) is 0 Å². The molecule has 2 N–H and O–H groups in total. The second kappa shape index (κ2) is 6.53. The molecular formula is C14H24O4. The van der Waals surface area contributed by atoms with Gasteiger partial charge in [-0.1, -0.05) is 6.42 Å². The van der Waals surface area contributed by atoms with Gasteiger partial charge in [0, 0.05) is 0 Å². The van der Waals surface area contributed by atoms with Crippen LogP contribution in [0.4, 0.5) is 0 Å². The van der Waals surface area contributed by atoms with Crippen LogP contribution in [-0.2, 0) is 9.53 Å². The van der Waals surface area contributed by atoms with Gasteiger partial charge in [0.05, 0.1) is 24.7 Å². The van der Waals surface area contributed by atoms with Crippen LogP contribution >= 0.6 is 0 Å². The van der Waals surface area contributed by atoms with Gasteiger partial charge < -0.3 is 14.9 Å². The second-order valence-corrected chi connectivity index (χ2v) is 5.82. The molecule has 0 aromatic carbocycles. The number of hydrogen-bond donors (Lipinski definition) is 2. The minimum atomic E-state index is -0.234. The van der Waals surface area contributed by atoms with Gasteiger partial charge in [0.15, 0.2) is 0 Å². The number of carbonyl (C=O) groups excluding carboxylic acids is 1. The van der Waals surface area contributed by atoms with E-state index in [1.807, 2.05) is 0 Å². The predicted octanol–water partition coefficient (Wildman–Crippen LogP) is 1.63. The van der Waals surface area contributed by atoms with Gasteiger partial charge in [-0.15, -0.1) is 0 Å². The molecule has 0 aromatic heterocycles. The Balaban J connectivity index is 1.68. The van der Waals surface area contributed by atoms with E-state index >= 15 is 0 Å². The average molecular weight is 256 g/mol. The number of aliphatic hydroxyl groups is 2. The minimum absolute atomic E-state index is 0.0260. The molecule has 0 aromatic rings. The second-order valence-electron chi connectivity index (χ2n) is 5.82. The molecule has 0 spiro atoms. The van der Waals surface area contributed by atoms with E-state index in [4.69, 9.17) is 4.74 Å². The Hall–Kier alpha value is -0.610. The Morgan fingerprint density at radius 1 is 1.00 bits per heavy atom. The van der Waals surface area contributed by atoms with Gasteiger partial charge in [-0.25, -0.2) is 0 Å². The van der Waals surface area contributed by atoms with E-state index in [1.54, 1.807) is 0 Å². The molecule has 0 saturated heterocycles. The van der Waals surface area contributed by atoms with Crippen molar-refractivity contribution in [1.82, 2.24) is 0 Å². The maximum atomic E-state index is 11.9. The van der Waals surface area contributed by atoms with Crippen molar-refractivity contribution < 1.29 is 19.7 Å². The quantitative estimate of drug-likeness (QED) is 0.753. The topological polar surface area (TPSA) is 66.8 Å². The number of rotatable bonds is 3. The van der Waals surface area contributed by atoms with Crippen LogP contribution in [0.15, 0.2) is 0 Å². The van der Waals surface area contributed by atoms with Crippen LogP contribution in [0.3, 0.4) is 0 Å². The van der Waals surface area contributed by atoms with Crippen molar-refractivity contribution in [3.63, 3.8) is 0 Å². The molecule has 2 saturated carbocycles. The summed E-state index contributed by atoms with van der Waals surface area (Å²) in [5.41, 5.74) is 0. The number of carbonyl (C=O) groups is 1. The van der Waals surface area contributed by atoms with Crippen LogP contribution in [0.2, 0.25) is 0 Å². The highest BCUT2D eigenvalue weighted by Gasteiger charge is 2.28. The lowest BCUT2D eigenvalue weighted by Gasteiger charge is -2.27. The fourth-order valence-electron chi connectivity index (χ4n) is 3.04. The van der Waals surface area contributed by atoms with Crippen molar-refractivity contribution in [3.8, 4) is 0 Å². The van der Waals surface area contributed by atoms with Crippen LogP contribution in [0.25, 0.3) is 0 Å². The monoisotopic (exact) mass is 256 g/mol. The van der Waals surface area contributed by atoms with Crippen LogP contribution in [-0.4, -0.2) is 35.0 Å². The fourth-order valence-corrected chi connectivity index (χ4v) is 3.04. The zero-order valence-corrected chi connectivity index (χ0v) is 10.9. The molecule has 4 heteroatoms. The van der Waals surface area contributed by atoms with E-state index in [2.05, 4.69) is 0 Å². The maximum Gasteiger partial charge on any atom is 0.308 e. The average Bonchev–Trinajstić information content (AvgIpc) is 2.37. The molecule has 2 fully saturated rings. The van der Waals surface area contributed by atoms with Gasteiger partial charge >= 0.3 is 5.97 Å². The Labute approximate surface area is 108 Å². The van der Waals surface area contributed by atoms with E-state index in [0.717, 1.165) is 38.5 Å². The molecule has 104 valence electrons. The van der Waals surface area contributed by atoms with Gasteiger partial charge in [0.25, 0.3) is 0 Å². The third-order valence-corrected chi connectivity index (χ3v) is 4.25. The third-order valence-electron chi connectivity index (χ3n) is 4.25. The summed E-state index contributed by atoms with van der Waals surface area (Å²) in [6, 6.07) is 0. The van der Waals surface area contributed by atoms with Crippen molar-refractivity contribution in [2.45, 2.75) is 63.6 Å². The Morgan fingerprint density at radius 2 is 1.72 bits per heavy atom. The van der Waals surface area contributed by atoms with Crippen LogP contribution in [0, 0.1) is 11.8 Å². The molecule has 2 unspecified atom stereocenters. The lowest BCUT2D eigenvalue weighted by Crippen LogP contribution is -2.29. The van der Waals surface area contributed by atoms with Crippen LogP contribution in [0.1, 0.15) is 51.4 Å². The summed E-state index contributed by atoms with van der Waals surface area (Å²) in [5.74, 6) is 0.191. The van der Waals surface area contributed by atoms with Crippen molar-refractivity contribution >= 4 is 5.97 Å². The molecule has 0 amide bonds. The largest absolute Gasteiger partial charge is 0.465 e. The van der Waals surface area contributed by atoms with Crippen LogP contribution in [0.5, 0.6) is 0 Å².